The highest BCUT2D eigenvalue weighted by atomic mass is 16.5. The molecular formula is C21H32N6O2. The van der Waals surface area contributed by atoms with E-state index in [9.17, 15) is 0 Å². The Morgan fingerprint density at radius 2 is 2.03 bits per heavy atom. The number of nitrogens with one attached hydrogen (secondary N) is 2. The van der Waals surface area contributed by atoms with Crippen molar-refractivity contribution in [1.82, 2.24) is 25.1 Å². The van der Waals surface area contributed by atoms with Crippen LogP contribution in [0, 0.1) is 0 Å². The van der Waals surface area contributed by atoms with Crippen LogP contribution in [-0.4, -0.2) is 66.9 Å². The molecule has 29 heavy (non-hydrogen) atoms. The van der Waals surface area contributed by atoms with E-state index in [1.54, 1.807) is 20.4 Å². The van der Waals surface area contributed by atoms with Gasteiger partial charge in [-0.1, -0.05) is 0 Å². The molecule has 1 aromatic heterocycles. The first-order valence-electron chi connectivity index (χ1n) is 10.1. The fourth-order valence-electron chi connectivity index (χ4n) is 3.52. The molecule has 0 bridgehead atoms. The van der Waals surface area contributed by atoms with E-state index in [2.05, 4.69) is 39.6 Å². The Morgan fingerprint density at radius 1 is 1.24 bits per heavy atom. The lowest BCUT2D eigenvalue weighted by atomic mass is 10.2. The van der Waals surface area contributed by atoms with Crippen molar-refractivity contribution in [3.8, 4) is 11.5 Å². The quantitative estimate of drug-likeness (QED) is 0.493. The monoisotopic (exact) mass is 400 g/mol. The molecule has 2 heterocycles. The summed E-state index contributed by atoms with van der Waals surface area (Å²) in [5.41, 5.74) is 1.20. The Balaban J connectivity index is 1.52. The van der Waals surface area contributed by atoms with Gasteiger partial charge in [-0.2, -0.15) is 0 Å². The number of rotatable bonds is 9. The molecule has 8 nitrogen and oxygen atoms in total. The lowest BCUT2D eigenvalue weighted by molar-refractivity contribution is 0.321. The molecule has 158 valence electrons. The van der Waals surface area contributed by atoms with Gasteiger partial charge in [-0.15, -0.1) is 0 Å². The van der Waals surface area contributed by atoms with Gasteiger partial charge in [-0.25, -0.2) is 4.98 Å². The van der Waals surface area contributed by atoms with Gasteiger partial charge in [-0.05, 0) is 31.0 Å². The number of imidazole rings is 1. The van der Waals surface area contributed by atoms with Gasteiger partial charge in [0, 0.05) is 57.2 Å². The molecule has 0 aliphatic carbocycles. The normalized spacial score (nSPS) is 17.3. The third kappa shape index (κ3) is 6.39. The van der Waals surface area contributed by atoms with Crippen LogP contribution in [0.15, 0.2) is 41.9 Å². The number of hydrogen-bond acceptors (Lipinski definition) is 5. The summed E-state index contributed by atoms with van der Waals surface area (Å²) in [5, 5.41) is 6.93. The molecule has 1 aliphatic rings. The molecule has 0 amide bonds. The van der Waals surface area contributed by atoms with Crippen LogP contribution in [0.5, 0.6) is 11.5 Å². The first-order chi connectivity index (χ1) is 14.2. The molecule has 1 saturated heterocycles. The van der Waals surface area contributed by atoms with E-state index in [0.29, 0.717) is 12.6 Å². The van der Waals surface area contributed by atoms with Crippen molar-refractivity contribution in [2.24, 2.45) is 4.99 Å². The van der Waals surface area contributed by atoms with E-state index in [-0.39, 0.29) is 0 Å². The van der Waals surface area contributed by atoms with Gasteiger partial charge in [0.1, 0.15) is 11.5 Å². The summed E-state index contributed by atoms with van der Waals surface area (Å²) in [6.45, 7) is 7.37. The van der Waals surface area contributed by atoms with Crippen molar-refractivity contribution < 1.29 is 9.47 Å². The van der Waals surface area contributed by atoms with Crippen molar-refractivity contribution in [1.29, 1.82) is 0 Å². The zero-order valence-corrected chi connectivity index (χ0v) is 17.6. The van der Waals surface area contributed by atoms with E-state index in [1.807, 2.05) is 23.2 Å². The second-order valence-corrected chi connectivity index (χ2v) is 7.15. The van der Waals surface area contributed by atoms with Crippen LogP contribution in [0.2, 0.25) is 0 Å². The Morgan fingerprint density at radius 3 is 2.69 bits per heavy atom. The molecule has 0 saturated carbocycles. The number of nitrogens with zero attached hydrogens (tertiary/aromatic N) is 4. The van der Waals surface area contributed by atoms with Crippen LogP contribution in [0.4, 0.5) is 0 Å². The number of aromatic nitrogens is 2. The molecule has 3 rings (SSSR count). The minimum absolute atomic E-state index is 0.383. The molecule has 1 unspecified atom stereocenters. The maximum Gasteiger partial charge on any atom is 0.191 e. The van der Waals surface area contributed by atoms with Gasteiger partial charge in [0.25, 0.3) is 0 Å². The Hall–Kier alpha value is -2.74. The molecule has 1 fully saturated rings. The van der Waals surface area contributed by atoms with Gasteiger partial charge in [0.2, 0.25) is 0 Å². The second-order valence-electron chi connectivity index (χ2n) is 7.15. The average Bonchev–Trinajstić information content (AvgIpc) is 3.40. The summed E-state index contributed by atoms with van der Waals surface area (Å²) >= 11 is 0. The van der Waals surface area contributed by atoms with Crippen molar-refractivity contribution in [3.05, 3.63) is 42.5 Å². The molecule has 1 aliphatic heterocycles. The summed E-state index contributed by atoms with van der Waals surface area (Å²) < 4.78 is 12.8. The van der Waals surface area contributed by atoms with E-state index < -0.39 is 0 Å². The molecule has 1 aromatic carbocycles. The van der Waals surface area contributed by atoms with Crippen LogP contribution in [0.25, 0.3) is 0 Å². The minimum Gasteiger partial charge on any atom is -0.497 e. The number of hydrogen-bond donors (Lipinski definition) is 2. The third-order valence-electron chi connectivity index (χ3n) is 4.96. The van der Waals surface area contributed by atoms with Gasteiger partial charge >= 0.3 is 0 Å². The SMILES string of the molecule is CCNC(=NCCn1ccnc1)NC1CCN(Cc2cc(OC)cc(OC)c2)C1. The maximum atomic E-state index is 5.39. The number of guanidine groups is 1. The van der Waals surface area contributed by atoms with Crippen molar-refractivity contribution in [2.45, 2.75) is 32.5 Å². The summed E-state index contributed by atoms with van der Waals surface area (Å²) in [5.74, 6) is 2.53. The summed E-state index contributed by atoms with van der Waals surface area (Å²) in [6, 6.07) is 6.44. The van der Waals surface area contributed by atoms with Gasteiger partial charge < -0.3 is 24.7 Å². The number of ether oxygens (including phenoxy) is 2. The maximum absolute atomic E-state index is 5.39. The van der Waals surface area contributed by atoms with E-state index in [0.717, 1.165) is 56.6 Å². The van der Waals surface area contributed by atoms with E-state index in [4.69, 9.17) is 14.5 Å². The molecule has 0 spiro atoms. The average molecular weight is 401 g/mol. The molecular weight excluding hydrogens is 368 g/mol. The van der Waals surface area contributed by atoms with Crippen molar-refractivity contribution in [2.75, 3.05) is 40.4 Å². The summed E-state index contributed by atoms with van der Waals surface area (Å²) in [6.07, 6.45) is 6.65. The minimum atomic E-state index is 0.383. The Kier molecular flexibility index (Phi) is 7.75. The number of likely N-dealkylation sites (tertiary alicyclic amines) is 1. The van der Waals surface area contributed by atoms with Crippen LogP contribution < -0.4 is 20.1 Å². The zero-order valence-electron chi connectivity index (χ0n) is 17.6. The Bertz CT molecular complexity index is 755. The standard InChI is InChI=1S/C21H32N6O2/c1-4-23-21(24-7-10-26-9-6-22-16-26)25-18-5-8-27(15-18)14-17-11-19(28-2)13-20(12-17)29-3/h6,9,11-13,16,18H,4-5,7-8,10,14-15H2,1-3H3,(H2,23,24,25). The van der Waals surface area contributed by atoms with Crippen LogP contribution in [0.1, 0.15) is 18.9 Å². The molecule has 1 atom stereocenters. The lowest BCUT2D eigenvalue weighted by Gasteiger charge is -2.19. The van der Waals surface area contributed by atoms with E-state index in [1.165, 1.54) is 5.56 Å². The lowest BCUT2D eigenvalue weighted by Crippen LogP contribution is -2.44. The number of methoxy groups -OCH3 is 2. The highest BCUT2D eigenvalue weighted by Crippen LogP contribution is 2.24. The Labute approximate surface area is 172 Å². The fraction of sp³-hybridized carbons (Fsp3) is 0.524. The highest BCUT2D eigenvalue weighted by Gasteiger charge is 2.23. The van der Waals surface area contributed by atoms with Gasteiger partial charge in [0.05, 0.1) is 27.1 Å². The zero-order chi connectivity index (χ0) is 20.5. The van der Waals surface area contributed by atoms with Gasteiger partial charge in [0.15, 0.2) is 5.96 Å². The second kappa shape index (κ2) is 10.7. The first-order valence-corrected chi connectivity index (χ1v) is 10.1. The summed E-state index contributed by atoms with van der Waals surface area (Å²) in [4.78, 5) is 11.2. The largest absolute Gasteiger partial charge is 0.497 e. The fourth-order valence-corrected chi connectivity index (χ4v) is 3.52. The van der Waals surface area contributed by atoms with Crippen molar-refractivity contribution in [3.63, 3.8) is 0 Å². The molecule has 8 heteroatoms. The highest BCUT2D eigenvalue weighted by molar-refractivity contribution is 5.80. The first kappa shape index (κ1) is 21.0. The number of benzene rings is 1. The third-order valence-corrected chi connectivity index (χ3v) is 4.96. The van der Waals surface area contributed by atoms with Crippen LogP contribution in [0.3, 0.4) is 0 Å². The molecule has 2 N–H and O–H groups in total. The summed E-state index contributed by atoms with van der Waals surface area (Å²) in [7, 11) is 3.37. The van der Waals surface area contributed by atoms with Crippen LogP contribution in [-0.2, 0) is 13.1 Å². The molecule has 0 radical (unpaired) electrons. The van der Waals surface area contributed by atoms with Gasteiger partial charge in [-0.3, -0.25) is 9.89 Å². The molecule has 2 aromatic rings. The topological polar surface area (TPSA) is 75.9 Å². The predicted octanol–water partition coefficient (Wildman–Crippen LogP) is 1.73. The van der Waals surface area contributed by atoms with Crippen LogP contribution >= 0.6 is 0 Å². The van der Waals surface area contributed by atoms with Crippen molar-refractivity contribution >= 4 is 5.96 Å². The van der Waals surface area contributed by atoms with E-state index >= 15 is 0 Å². The predicted molar refractivity (Wildman–Crippen MR) is 115 cm³/mol. The smallest absolute Gasteiger partial charge is 0.191 e. The number of aliphatic imine (C=N–C) groups is 1.